The first kappa shape index (κ1) is 35.6. The molecule has 0 aliphatic rings. The number of nitrogens with two attached hydrogens (primary N) is 1. The number of esters is 2. The predicted octanol–water partition coefficient (Wildman–Crippen LogP) is 3.35. The minimum Gasteiger partial charge on any atom is -0.467 e. The standard InChI is InChI=1S/C29H33ClF2N4O8S/c1-17(35-18(2)28(38)19-9-20(31)11-21(32)10-19)16-44-27(37)15-36(3)6-8-43-29(39)23-12-26(45(33,40)41)24(30)13-25(23)34-14-22-5-4-7-42-22/h4-5,7,9-13,17-18,34-35H,6,8,14-16H2,1-3H3,(H2,33,40,41)/t17-,18+/m0/s1. The first-order valence-corrected chi connectivity index (χ1v) is 15.5. The molecule has 0 unspecified atom stereocenters. The number of nitrogens with one attached hydrogen (secondary N) is 2. The van der Waals surface area contributed by atoms with Gasteiger partial charge >= 0.3 is 11.9 Å². The number of likely N-dealkylation sites (N-methyl/N-ethyl adjacent to an activating group) is 1. The largest absolute Gasteiger partial charge is 0.467 e. The van der Waals surface area contributed by atoms with E-state index in [1.807, 2.05) is 0 Å². The summed E-state index contributed by atoms with van der Waals surface area (Å²) in [6.07, 6.45) is 1.47. The smallest absolute Gasteiger partial charge is 0.340 e. The molecule has 45 heavy (non-hydrogen) atoms. The molecule has 16 heteroatoms. The van der Waals surface area contributed by atoms with Crippen LogP contribution in [-0.4, -0.2) is 76.5 Å². The van der Waals surface area contributed by atoms with Gasteiger partial charge in [0.15, 0.2) is 5.78 Å². The van der Waals surface area contributed by atoms with E-state index in [0.717, 1.165) is 18.2 Å². The molecule has 0 aliphatic heterocycles. The number of nitrogens with zero attached hydrogens (tertiary/aromatic N) is 1. The molecule has 2 aromatic carbocycles. The molecular formula is C29H33ClF2N4O8S. The zero-order chi connectivity index (χ0) is 33.3. The molecule has 244 valence electrons. The Morgan fingerprint density at radius 3 is 2.40 bits per heavy atom. The monoisotopic (exact) mass is 670 g/mol. The predicted molar refractivity (Wildman–Crippen MR) is 160 cm³/mol. The van der Waals surface area contributed by atoms with Gasteiger partial charge in [0.1, 0.15) is 35.5 Å². The van der Waals surface area contributed by atoms with E-state index in [-0.39, 0.29) is 54.7 Å². The second kappa shape index (κ2) is 15.9. The lowest BCUT2D eigenvalue weighted by molar-refractivity contribution is -0.145. The molecule has 0 fully saturated rings. The number of furan rings is 1. The summed E-state index contributed by atoms with van der Waals surface area (Å²) in [6, 6.07) is 6.93. The highest BCUT2D eigenvalue weighted by Gasteiger charge is 2.23. The summed E-state index contributed by atoms with van der Waals surface area (Å²) in [5, 5.41) is 10.9. The Kier molecular flexibility index (Phi) is 12.6. The zero-order valence-electron chi connectivity index (χ0n) is 24.6. The summed E-state index contributed by atoms with van der Waals surface area (Å²) < 4.78 is 66.6. The lowest BCUT2D eigenvalue weighted by Gasteiger charge is -2.20. The summed E-state index contributed by atoms with van der Waals surface area (Å²) >= 11 is 6.10. The molecule has 1 heterocycles. The van der Waals surface area contributed by atoms with Crippen LogP contribution in [0.25, 0.3) is 0 Å². The number of carbonyl (C=O) groups is 3. The molecule has 4 N–H and O–H groups in total. The van der Waals surface area contributed by atoms with Crippen molar-refractivity contribution in [3.63, 3.8) is 0 Å². The van der Waals surface area contributed by atoms with Gasteiger partial charge in [-0.05, 0) is 57.3 Å². The molecule has 0 saturated heterocycles. The summed E-state index contributed by atoms with van der Waals surface area (Å²) in [5.74, 6) is -3.17. The summed E-state index contributed by atoms with van der Waals surface area (Å²) in [4.78, 5) is 38.8. The van der Waals surface area contributed by atoms with Crippen LogP contribution < -0.4 is 15.8 Å². The van der Waals surface area contributed by atoms with Gasteiger partial charge in [0.05, 0.1) is 41.7 Å². The van der Waals surface area contributed by atoms with Crippen LogP contribution in [0.4, 0.5) is 14.5 Å². The van der Waals surface area contributed by atoms with Crippen LogP contribution in [0, 0.1) is 11.6 Å². The second-order valence-corrected chi connectivity index (χ2v) is 12.1. The van der Waals surface area contributed by atoms with E-state index in [1.54, 1.807) is 26.1 Å². The van der Waals surface area contributed by atoms with Gasteiger partial charge in [0.2, 0.25) is 10.0 Å². The van der Waals surface area contributed by atoms with Crippen molar-refractivity contribution in [1.82, 2.24) is 10.2 Å². The molecule has 2 atom stereocenters. The number of ether oxygens (including phenoxy) is 2. The number of primary sulfonamides is 1. The highest BCUT2D eigenvalue weighted by molar-refractivity contribution is 7.89. The Hall–Kier alpha value is -3.89. The molecule has 12 nitrogen and oxygen atoms in total. The van der Waals surface area contributed by atoms with Gasteiger partial charge in [-0.3, -0.25) is 14.5 Å². The van der Waals surface area contributed by atoms with Crippen LogP contribution in [0.2, 0.25) is 5.02 Å². The lowest BCUT2D eigenvalue weighted by Crippen LogP contribution is -2.43. The van der Waals surface area contributed by atoms with Crippen LogP contribution in [0.15, 0.2) is 58.0 Å². The van der Waals surface area contributed by atoms with Crippen molar-refractivity contribution in [1.29, 1.82) is 0 Å². The van der Waals surface area contributed by atoms with Crippen molar-refractivity contribution < 1.29 is 45.5 Å². The Bertz CT molecular complexity index is 1600. The fourth-order valence-corrected chi connectivity index (χ4v) is 5.21. The van der Waals surface area contributed by atoms with Crippen molar-refractivity contribution in [2.45, 2.75) is 37.4 Å². The normalized spacial score (nSPS) is 12.9. The molecular weight excluding hydrogens is 638 g/mol. The Morgan fingerprint density at radius 1 is 1.09 bits per heavy atom. The topological polar surface area (TPSA) is 170 Å². The fourth-order valence-electron chi connectivity index (χ4n) is 4.11. The van der Waals surface area contributed by atoms with Gasteiger partial charge in [-0.2, -0.15) is 0 Å². The summed E-state index contributed by atoms with van der Waals surface area (Å²) in [5.41, 5.74) is -0.0670. The molecule has 0 spiro atoms. The van der Waals surface area contributed by atoms with Crippen LogP contribution >= 0.6 is 11.6 Å². The number of halogens is 3. The molecule has 0 amide bonds. The van der Waals surface area contributed by atoms with E-state index >= 15 is 0 Å². The van der Waals surface area contributed by atoms with E-state index in [2.05, 4.69) is 10.6 Å². The Morgan fingerprint density at radius 2 is 1.78 bits per heavy atom. The first-order chi connectivity index (χ1) is 21.1. The third-order valence-electron chi connectivity index (χ3n) is 6.31. The average Bonchev–Trinajstić information content (AvgIpc) is 3.47. The summed E-state index contributed by atoms with van der Waals surface area (Å²) in [7, 11) is -2.65. The van der Waals surface area contributed by atoms with Gasteiger partial charge < -0.3 is 24.5 Å². The molecule has 3 aromatic rings. The Labute approximate surface area is 263 Å². The zero-order valence-corrected chi connectivity index (χ0v) is 26.2. The van der Waals surface area contributed by atoms with E-state index in [1.165, 1.54) is 24.2 Å². The molecule has 0 saturated carbocycles. The minimum atomic E-state index is -4.24. The van der Waals surface area contributed by atoms with Crippen LogP contribution in [0.1, 0.15) is 40.3 Å². The Balaban J connectivity index is 1.48. The molecule has 3 rings (SSSR count). The van der Waals surface area contributed by atoms with E-state index in [0.29, 0.717) is 11.8 Å². The minimum absolute atomic E-state index is 0.0898. The number of hydrogen-bond acceptors (Lipinski definition) is 11. The molecule has 0 aliphatic carbocycles. The highest BCUT2D eigenvalue weighted by Crippen LogP contribution is 2.29. The van der Waals surface area contributed by atoms with Gasteiger partial charge in [-0.15, -0.1) is 0 Å². The number of ketones is 1. The van der Waals surface area contributed by atoms with Crippen LogP contribution in [0.3, 0.4) is 0 Å². The van der Waals surface area contributed by atoms with Crippen molar-refractivity contribution in [2.75, 3.05) is 38.7 Å². The maximum atomic E-state index is 13.4. The number of rotatable bonds is 16. The fraction of sp³-hybridized carbons (Fsp3) is 0.345. The molecule has 1 aromatic heterocycles. The number of hydrogen-bond donors (Lipinski definition) is 3. The van der Waals surface area contributed by atoms with E-state index in [9.17, 15) is 31.6 Å². The van der Waals surface area contributed by atoms with Gasteiger partial charge in [0, 0.05) is 24.2 Å². The molecule has 0 bridgehead atoms. The van der Waals surface area contributed by atoms with Crippen molar-refractivity contribution in [2.24, 2.45) is 5.14 Å². The molecule has 0 radical (unpaired) electrons. The van der Waals surface area contributed by atoms with Crippen molar-refractivity contribution in [3.05, 3.63) is 82.3 Å². The summed E-state index contributed by atoms with van der Waals surface area (Å²) in [6.45, 7) is 3.07. The maximum Gasteiger partial charge on any atom is 0.340 e. The third-order valence-corrected chi connectivity index (χ3v) is 7.68. The lowest BCUT2D eigenvalue weighted by atomic mass is 10.0. The SMILES string of the molecule is C[C@@H](COC(=O)CN(C)CCOC(=O)c1cc(S(N)(=O)=O)c(Cl)cc1NCc1ccco1)N[C@H](C)C(=O)c1cc(F)cc(F)c1. The number of benzene rings is 2. The quantitative estimate of drug-likeness (QED) is 0.151. The maximum absolute atomic E-state index is 13.4. The second-order valence-electron chi connectivity index (χ2n) is 10.2. The van der Waals surface area contributed by atoms with Crippen LogP contribution in [0.5, 0.6) is 0 Å². The van der Waals surface area contributed by atoms with Gasteiger partial charge in [-0.1, -0.05) is 11.6 Å². The van der Waals surface area contributed by atoms with Crippen molar-refractivity contribution in [3.8, 4) is 0 Å². The van der Waals surface area contributed by atoms with Gasteiger partial charge in [0.25, 0.3) is 0 Å². The third kappa shape index (κ3) is 10.9. The number of anilines is 1. The number of carbonyl (C=O) groups excluding carboxylic acids is 3. The highest BCUT2D eigenvalue weighted by atomic mass is 35.5. The van der Waals surface area contributed by atoms with Gasteiger partial charge in [-0.25, -0.2) is 27.1 Å². The average molecular weight is 671 g/mol. The van der Waals surface area contributed by atoms with E-state index in [4.69, 9.17) is 30.6 Å². The van der Waals surface area contributed by atoms with Crippen LogP contribution in [-0.2, 0) is 30.8 Å². The number of sulfonamides is 1. The number of Topliss-reactive ketones (excluding diaryl/α,β-unsaturated/α-hetero) is 1. The first-order valence-electron chi connectivity index (χ1n) is 13.5. The van der Waals surface area contributed by atoms with Crippen molar-refractivity contribution >= 4 is 45.0 Å². The van der Waals surface area contributed by atoms with E-state index < -0.39 is 56.4 Å².